The monoisotopic (exact) mass is 291 g/mol. The molecular weight excluding hydrogens is 266 g/mol. The van der Waals surface area contributed by atoms with Crippen LogP contribution in [0.1, 0.15) is 56.8 Å². The summed E-state index contributed by atoms with van der Waals surface area (Å²) < 4.78 is 5.32. The molecule has 1 aromatic rings. The lowest BCUT2D eigenvalue weighted by Gasteiger charge is -2.16. The van der Waals surface area contributed by atoms with E-state index >= 15 is 0 Å². The van der Waals surface area contributed by atoms with Gasteiger partial charge in [-0.3, -0.25) is 9.59 Å². The molecule has 0 aromatic heterocycles. The van der Waals surface area contributed by atoms with Crippen LogP contribution in [0.2, 0.25) is 0 Å². The average molecular weight is 291 g/mol. The summed E-state index contributed by atoms with van der Waals surface area (Å²) in [6.45, 7) is 5.81. The first-order valence-corrected chi connectivity index (χ1v) is 7.58. The molecule has 0 heterocycles. The van der Waals surface area contributed by atoms with E-state index in [0.717, 1.165) is 19.3 Å². The van der Waals surface area contributed by atoms with Crippen molar-refractivity contribution < 1.29 is 14.3 Å². The smallest absolute Gasteiger partial charge is 0.308 e. The molecule has 2 atom stereocenters. The number of hydrogen-bond acceptors (Lipinski definition) is 3. The minimum atomic E-state index is -0.264. The van der Waals surface area contributed by atoms with Crippen LogP contribution in [0, 0.1) is 0 Å². The van der Waals surface area contributed by atoms with Crippen LogP contribution < -0.4 is 5.32 Å². The van der Waals surface area contributed by atoms with Crippen molar-refractivity contribution in [1.29, 1.82) is 0 Å². The molecule has 0 aliphatic heterocycles. The van der Waals surface area contributed by atoms with Gasteiger partial charge in [-0.15, -0.1) is 0 Å². The number of carbonyl (C=O) groups excluding carboxylic acids is 2. The lowest BCUT2D eigenvalue weighted by Crippen LogP contribution is -2.35. The minimum Gasteiger partial charge on any atom is -0.463 e. The van der Waals surface area contributed by atoms with Gasteiger partial charge in [0, 0.05) is 11.6 Å². The van der Waals surface area contributed by atoms with Crippen LogP contribution in [0.25, 0.3) is 0 Å². The Morgan fingerprint density at radius 1 is 1.19 bits per heavy atom. The third-order valence-corrected chi connectivity index (χ3v) is 3.18. The summed E-state index contributed by atoms with van der Waals surface area (Å²) in [5.41, 5.74) is 0.592. The molecule has 1 rings (SSSR count). The average Bonchev–Trinajstić information content (AvgIpc) is 2.45. The van der Waals surface area contributed by atoms with Crippen LogP contribution in [0.4, 0.5) is 0 Å². The summed E-state index contributed by atoms with van der Waals surface area (Å²) >= 11 is 0. The highest BCUT2D eigenvalue weighted by Gasteiger charge is 2.15. The van der Waals surface area contributed by atoms with Gasteiger partial charge in [0.05, 0.1) is 12.5 Å². The molecular formula is C17H25NO3. The van der Waals surface area contributed by atoms with Gasteiger partial charge >= 0.3 is 5.97 Å². The standard InChI is InChI=1S/C17H25NO3/c1-4-5-9-14(3)21-16(19)12-13(2)18-17(20)15-10-7-6-8-11-15/h6-8,10-11,13-14H,4-5,9,12H2,1-3H3,(H,18,20). The highest BCUT2D eigenvalue weighted by atomic mass is 16.5. The second-order valence-electron chi connectivity index (χ2n) is 5.39. The summed E-state index contributed by atoms with van der Waals surface area (Å²) in [7, 11) is 0. The summed E-state index contributed by atoms with van der Waals surface area (Å²) in [5, 5.41) is 2.80. The van der Waals surface area contributed by atoms with Crippen molar-refractivity contribution in [1.82, 2.24) is 5.32 Å². The number of amides is 1. The predicted molar refractivity (Wildman–Crippen MR) is 83.1 cm³/mol. The Kier molecular flexibility index (Phi) is 7.51. The molecule has 0 radical (unpaired) electrons. The van der Waals surface area contributed by atoms with Gasteiger partial charge < -0.3 is 10.1 Å². The van der Waals surface area contributed by atoms with E-state index in [-0.39, 0.29) is 30.4 Å². The van der Waals surface area contributed by atoms with Crippen molar-refractivity contribution in [2.24, 2.45) is 0 Å². The lowest BCUT2D eigenvalue weighted by molar-refractivity contribution is -0.148. The molecule has 0 saturated carbocycles. The molecule has 21 heavy (non-hydrogen) atoms. The van der Waals surface area contributed by atoms with E-state index in [9.17, 15) is 9.59 Å². The summed E-state index contributed by atoms with van der Waals surface area (Å²) in [6, 6.07) is 8.71. The molecule has 4 nitrogen and oxygen atoms in total. The molecule has 0 spiro atoms. The van der Waals surface area contributed by atoms with Crippen molar-refractivity contribution in [3.8, 4) is 0 Å². The molecule has 116 valence electrons. The van der Waals surface area contributed by atoms with Gasteiger partial charge in [-0.2, -0.15) is 0 Å². The third-order valence-electron chi connectivity index (χ3n) is 3.18. The van der Waals surface area contributed by atoms with Crippen molar-refractivity contribution >= 4 is 11.9 Å². The number of esters is 1. The van der Waals surface area contributed by atoms with E-state index in [0.29, 0.717) is 5.56 Å². The van der Waals surface area contributed by atoms with Crippen LogP contribution in [0.5, 0.6) is 0 Å². The number of unbranched alkanes of at least 4 members (excludes halogenated alkanes) is 1. The van der Waals surface area contributed by atoms with Crippen molar-refractivity contribution in [2.75, 3.05) is 0 Å². The summed E-state index contributed by atoms with van der Waals surface area (Å²) in [6.07, 6.45) is 3.15. The fraction of sp³-hybridized carbons (Fsp3) is 0.529. The molecule has 0 aliphatic rings. The third kappa shape index (κ3) is 6.93. The second-order valence-corrected chi connectivity index (χ2v) is 5.39. The van der Waals surface area contributed by atoms with E-state index < -0.39 is 0 Å². The van der Waals surface area contributed by atoms with Gasteiger partial charge in [0.15, 0.2) is 0 Å². The molecule has 0 aliphatic carbocycles. The zero-order chi connectivity index (χ0) is 15.7. The Balaban J connectivity index is 2.34. The molecule has 1 amide bonds. The Morgan fingerprint density at radius 2 is 1.86 bits per heavy atom. The quantitative estimate of drug-likeness (QED) is 0.748. The molecule has 0 bridgehead atoms. The Morgan fingerprint density at radius 3 is 2.48 bits per heavy atom. The normalized spacial score (nSPS) is 13.3. The molecule has 1 N–H and O–H groups in total. The highest BCUT2D eigenvalue weighted by molar-refractivity contribution is 5.94. The van der Waals surface area contributed by atoms with Crippen LogP contribution in [-0.4, -0.2) is 24.0 Å². The van der Waals surface area contributed by atoms with Crippen molar-refractivity contribution in [3.63, 3.8) is 0 Å². The maximum absolute atomic E-state index is 11.9. The zero-order valence-electron chi connectivity index (χ0n) is 13.1. The first kappa shape index (κ1) is 17.2. The topological polar surface area (TPSA) is 55.4 Å². The fourth-order valence-electron chi connectivity index (χ4n) is 2.02. The van der Waals surface area contributed by atoms with Crippen LogP contribution >= 0.6 is 0 Å². The van der Waals surface area contributed by atoms with Gasteiger partial charge in [0.1, 0.15) is 0 Å². The minimum absolute atomic E-state index is 0.0607. The Bertz CT molecular complexity index is 445. The van der Waals surface area contributed by atoms with Crippen molar-refractivity contribution in [3.05, 3.63) is 35.9 Å². The van der Waals surface area contributed by atoms with Crippen LogP contribution in [0.3, 0.4) is 0 Å². The first-order valence-electron chi connectivity index (χ1n) is 7.58. The number of nitrogens with one attached hydrogen (secondary N) is 1. The van der Waals surface area contributed by atoms with E-state index in [4.69, 9.17) is 4.74 Å². The van der Waals surface area contributed by atoms with Gasteiger partial charge in [-0.05, 0) is 32.4 Å². The zero-order valence-corrected chi connectivity index (χ0v) is 13.1. The van der Waals surface area contributed by atoms with E-state index in [1.54, 1.807) is 19.1 Å². The van der Waals surface area contributed by atoms with E-state index in [2.05, 4.69) is 12.2 Å². The number of hydrogen-bond donors (Lipinski definition) is 1. The number of carbonyl (C=O) groups is 2. The maximum atomic E-state index is 11.9. The fourth-order valence-corrected chi connectivity index (χ4v) is 2.02. The van der Waals surface area contributed by atoms with Crippen LogP contribution in [-0.2, 0) is 9.53 Å². The molecule has 4 heteroatoms. The summed E-state index contributed by atoms with van der Waals surface area (Å²) in [4.78, 5) is 23.7. The molecule has 1 aromatic carbocycles. The van der Waals surface area contributed by atoms with Crippen LogP contribution in [0.15, 0.2) is 30.3 Å². The largest absolute Gasteiger partial charge is 0.463 e. The van der Waals surface area contributed by atoms with E-state index in [1.807, 2.05) is 25.1 Å². The lowest BCUT2D eigenvalue weighted by atomic mass is 10.1. The first-order chi connectivity index (χ1) is 10.0. The molecule has 0 saturated heterocycles. The number of rotatable bonds is 8. The molecule has 0 fully saturated rings. The molecule has 2 unspecified atom stereocenters. The number of benzene rings is 1. The van der Waals surface area contributed by atoms with E-state index in [1.165, 1.54) is 0 Å². The Hall–Kier alpha value is -1.84. The number of ether oxygens (including phenoxy) is 1. The predicted octanol–water partition coefficient (Wildman–Crippen LogP) is 3.32. The highest BCUT2D eigenvalue weighted by Crippen LogP contribution is 2.07. The summed E-state index contributed by atoms with van der Waals surface area (Å²) in [5.74, 6) is -0.436. The van der Waals surface area contributed by atoms with Crippen molar-refractivity contribution in [2.45, 2.75) is 58.6 Å². The van der Waals surface area contributed by atoms with Gasteiger partial charge in [-0.1, -0.05) is 38.0 Å². The SMILES string of the molecule is CCCCC(C)OC(=O)CC(C)NC(=O)c1ccccc1. The second kappa shape index (κ2) is 9.16. The van der Waals surface area contributed by atoms with Gasteiger partial charge in [0.25, 0.3) is 5.91 Å². The Labute approximate surface area is 126 Å². The van der Waals surface area contributed by atoms with Gasteiger partial charge in [-0.25, -0.2) is 0 Å². The maximum Gasteiger partial charge on any atom is 0.308 e. The van der Waals surface area contributed by atoms with Gasteiger partial charge in [0.2, 0.25) is 0 Å².